The molecule has 0 saturated carbocycles. The molecule has 10 nitrogen and oxygen atoms in total. The number of hydrogen-bond donors (Lipinski definition) is 5. The van der Waals surface area contributed by atoms with Gasteiger partial charge in [-0.25, -0.2) is 4.18 Å². The van der Waals surface area contributed by atoms with Crippen LogP contribution in [0.25, 0.3) is 0 Å². The number of aliphatic hydroxyl groups excluding tert-OH is 4. The lowest BCUT2D eigenvalue weighted by Crippen LogP contribution is -2.60. The highest BCUT2D eigenvalue weighted by Crippen LogP contribution is 2.25. The minimum absolute atomic E-state index is 0.149. The van der Waals surface area contributed by atoms with Gasteiger partial charge in [-0.1, -0.05) is 12.1 Å². The Morgan fingerprint density at radius 1 is 1.12 bits per heavy atom. The molecule has 5 atom stereocenters. The molecule has 2 rings (SSSR count). The zero-order valence-electron chi connectivity index (χ0n) is 12.3. The van der Waals surface area contributed by atoms with Gasteiger partial charge in [0.05, 0.1) is 13.2 Å². The second-order valence-electron chi connectivity index (χ2n) is 5.15. The molecule has 0 radical (unpaired) electrons. The van der Waals surface area contributed by atoms with E-state index >= 15 is 0 Å². The van der Waals surface area contributed by atoms with Crippen molar-refractivity contribution in [3.05, 3.63) is 29.8 Å². The first kappa shape index (κ1) is 19.0. The van der Waals surface area contributed by atoms with E-state index in [1.807, 2.05) is 0 Å². The number of ether oxygens (including phenoxy) is 2. The highest BCUT2D eigenvalue weighted by molar-refractivity contribution is 7.80. The minimum atomic E-state index is -4.59. The third-order valence-electron chi connectivity index (χ3n) is 3.37. The molecular formula is C13H18O10S. The van der Waals surface area contributed by atoms with Gasteiger partial charge in [0.25, 0.3) is 0 Å². The standard InChI is InChI=1S/C13H18O10S/c14-5-9-10(15)11(16)12(17)13(23-9)22-8-3-1-2-7(4-8)6-21-24(18,19)20/h1-4,9-17H,5-6H2,(H,18,19,20)/t9-,10-,11+,12-,13-/m1/s1. The lowest BCUT2D eigenvalue weighted by molar-refractivity contribution is -0.277. The summed E-state index contributed by atoms with van der Waals surface area (Å²) in [5.41, 5.74) is 0.342. The van der Waals surface area contributed by atoms with Crippen LogP contribution in [0.15, 0.2) is 24.3 Å². The third-order valence-corrected chi connectivity index (χ3v) is 3.79. The van der Waals surface area contributed by atoms with E-state index in [2.05, 4.69) is 4.18 Å². The number of benzene rings is 1. The van der Waals surface area contributed by atoms with Crippen LogP contribution in [-0.4, -0.2) is 70.7 Å². The van der Waals surface area contributed by atoms with E-state index in [0.717, 1.165) is 0 Å². The lowest BCUT2D eigenvalue weighted by Gasteiger charge is -2.39. The maximum atomic E-state index is 10.6. The molecule has 0 unspecified atom stereocenters. The topological polar surface area (TPSA) is 163 Å². The van der Waals surface area contributed by atoms with E-state index in [0.29, 0.717) is 5.56 Å². The Bertz CT molecular complexity index is 646. The Kier molecular flexibility index (Phi) is 6.11. The zero-order valence-corrected chi connectivity index (χ0v) is 13.1. The van der Waals surface area contributed by atoms with Crippen LogP contribution in [0.2, 0.25) is 0 Å². The van der Waals surface area contributed by atoms with E-state index in [4.69, 9.17) is 19.1 Å². The van der Waals surface area contributed by atoms with Gasteiger partial charge in [0.15, 0.2) is 0 Å². The SMILES string of the molecule is O=S(=O)(O)OCc1cccc(O[C@@H]2O[C@H](CO)[C@@H](O)[C@H](O)[C@H]2O)c1. The van der Waals surface area contributed by atoms with E-state index in [1.54, 1.807) is 0 Å². The summed E-state index contributed by atoms with van der Waals surface area (Å²) in [5.74, 6) is 0.149. The van der Waals surface area contributed by atoms with E-state index < -0.39 is 54.3 Å². The average molecular weight is 366 g/mol. The zero-order chi connectivity index (χ0) is 17.9. The van der Waals surface area contributed by atoms with Crippen LogP contribution in [0.5, 0.6) is 5.75 Å². The van der Waals surface area contributed by atoms with Gasteiger partial charge in [-0.05, 0) is 17.7 Å². The third kappa shape index (κ3) is 4.84. The van der Waals surface area contributed by atoms with Crippen molar-refractivity contribution in [2.24, 2.45) is 0 Å². The summed E-state index contributed by atoms with van der Waals surface area (Å²) in [6.07, 6.45) is -7.12. The van der Waals surface area contributed by atoms with Crippen molar-refractivity contribution in [2.75, 3.05) is 6.61 Å². The summed E-state index contributed by atoms with van der Waals surface area (Å²) in [5, 5.41) is 38.4. The Hall–Kier alpha value is -1.31. The Morgan fingerprint density at radius 2 is 1.83 bits per heavy atom. The fraction of sp³-hybridized carbons (Fsp3) is 0.538. The van der Waals surface area contributed by atoms with Gasteiger partial charge in [-0.3, -0.25) is 4.55 Å². The molecule has 24 heavy (non-hydrogen) atoms. The van der Waals surface area contributed by atoms with Gasteiger partial charge < -0.3 is 29.9 Å². The fourth-order valence-electron chi connectivity index (χ4n) is 2.15. The quantitative estimate of drug-likeness (QED) is 0.362. The maximum Gasteiger partial charge on any atom is 0.397 e. The fourth-order valence-corrected chi connectivity index (χ4v) is 2.43. The predicted molar refractivity (Wildman–Crippen MR) is 77.2 cm³/mol. The normalized spacial score (nSPS) is 31.0. The summed E-state index contributed by atoms with van der Waals surface area (Å²) >= 11 is 0. The molecule has 1 fully saturated rings. The van der Waals surface area contributed by atoms with E-state index in [9.17, 15) is 23.7 Å². The van der Waals surface area contributed by atoms with Gasteiger partial charge in [0.2, 0.25) is 6.29 Å². The van der Waals surface area contributed by atoms with Gasteiger partial charge in [0, 0.05) is 0 Å². The molecule has 1 aliphatic heterocycles. The number of aliphatic hydroxyl groups is 4. The van der Waals surface area contributed by atoms with Gasteiger partial charge in [-0.2, -0.15) is 8.42 Å². The largest absolute Gasteiger partial charge is 0.462 e. The van der Waals surface area contributed by atoms with E-state index in [-0.39, 0.29) is 5.75 Å². The minimum Gasteiger partial charge on any atom is -0.462 e. The molecule has 0 aliphatic carbocycles. The van der Waals surface area contributed by atoms with Crippen LogP contribution < -0.4 is 4.74 Å². The molecule has 0 amide bonds. The molecule has 0 spiro atoms. The average Bonchev–Trinajstić information content (AvgIpc) is 2.53. The van der Waals surface area contributed by atoms with Crippen molar-refractivity contribution in [3.63, 3.8) is 0 Å². The molecule has 1 aromatic carbocycles. The van der Waals surface area contributed by atoms with Gasteiger partial charge >= 0.3 is 10.4 Å². The second-order valence-corrected chi connectivity index (χ2v) is 6.24. The molecule has 1 aromatic rings. The molecule has 0 aromatic heterocycles. The Morgan fingerprint density at radius 3 is 2.46 bits per heavy atom. The van der Waals surface area contributed by atoms with Crippen molar-refractivity contribution in [1.29, 1.82) is 0 Å². The van der Waals surface area contributed by atoms with E-state index in [1.165, 1.54) is 24.3 Å². The second kappa shape index (κ2) is 7.72. The Balaban J connectivity index is 2.07. The maximum absolute atomic E-state index is 10.6. The van der Waals surface area contributed by atoms with Crippen LogP contribution in [0.3, 0.4) is 0 Å². The van der Waals surface area contributed by atoms with Gasteiger partial charge in [-0.15, -0.1) is 0 Å². The monoisotopic (exact) mass is 366 g/mol. The number of rotatable bonds is 6. The van der Waals surface area contributed by atoms with Crippen LogP contribution in [-0.2, 0) is 25.9 Å². The predicted octanol–water partition coefficient (Wildman–Crippen LogP) is -1.82. The summed E-state index contributed by atoms with van der Waals surface area (Å²) in [7, 11) is -4.59. The highest BCUT2D eigenvalue weighted by atomic mass is 32.3. The first-order valence-electron chi connectivity index (χ1n) is 6.89. The van der Waals surface area contributed by atoms with Crippen LogP contribution >= 0.6 is 0 Å². The summed E-state index contributed by atoms with van der Waals surface area (Å²) in [6.45, 7) is -1.03. The van der Waals surface area contributed by atoms with Crippen LogP contribution in [0.1, 0.15) is 5.56 Å². The number of hydrogen-bond acceptors (Lipinski definition) is 9. The van der Waals surface area contributed by atoms with Crippen molar-refractivity contribution < 1.29 is 47.1 Å². The molecule has 11 heteroatoms. The first-order chi connectivity index (χ1) is 11.2. The summed E-state index contributed by atoms with van der Waals surface area (Å²) < 4.78 is 44.5. The Labute approximate surface area is 137 Å². The molecular weight excluding hydrogens is 348 g/mol. The van der Waals surface area contributed by atoms with Crippen molar-refractivity contribution in [2.45, 2.75) is 37.3 Å². The first-order valence-corrected chi connectivity index (χ1v) is 8.25. The molecule has 1 aliphatic rings. The highest BCUT2D eigenvalue weighted by Gasteiger charge is 2.44. The summed E-state index contributed by atoms with van der Waals surface area (Å²) in [6, 6.07) is 5.85. The molecule has 5 N–H and O–H groups in total. The molecule has 136 valence electrons. The molecule has 1 saturated heterocycles. The lowest BCUT2D eigenvalue weighted by atomic mass is 9.99. The van der Waals surface area contributed by atoms with Crippen molar-refractivity contribution in [3.8, 4) is 5.75 Å². The van der Waals surface area contributed by atoms with Crippen LogP contribution in [0, 0.1) is 0 Å². The molecule has 1 heterocycles. The molecule has 0 bridgehead atoms. The van der Waals surface area contributed by atoms with Crippen LogP contribution in [0.4, 0.5) is 0 Å². The summed E-state index contributed by atoms with van der Waals surface area (Å²) in [4.78, 5) is 0. The van der Waals surface area contributed by atoms with Gasteiger partial charge in [0.1, 0.15) is 30.2 Å². The van der Waals surface area contributed by atoms with Crippen molar-refractivity contribution in [1.82, 2.24) is 0 Å². The smallest absolute Gasteiger partial charge is 0.397 e. The van der Waals surface area contributed by atoms with Crippen molar-refractivity contribution >= 4 is 10.4 Å².